The number of ether oxygens (including phenoxy) is 1. The molecule has 9 saturated carbocycles. The molecule has 0 spiro atoms. The van der Waals surface area contributed by atoms with Crippen molar-refractivity contribution in [2.24, 2.45) is 47.3 Å². The van der Waals surface area contributed by atoms with Crippen LogP contribution in [0.2, 0.25) is 0 Å². The lowest BCUT2D eigenvalue weighted by Crippen LogP contribution is -2.28. The van der Waals surface area contributed by atoms with Gasteiger partial charge >= 0.3 is 6.09 Å². The number of aliphatic hydroxyl groups excluding tert-OH is 2. The number of aromatic nitrogens is 9. The Morgan fingerprint density at radius 3 is 1.45 bits per heavy atom. The minimum absolute atomic E-state index is 0. The van der Waals surface area contributed by atoms with E-state index in [1.165, 1.54) is 12.8 Å². The largest absolute Gasteiger partial charge is 0.443 e. The van der Waals surface area contributed by atoms with Crippen molar-refractivity contribution < 1.29 is 47.7 Å². The number of carbonyl (C=O) groups is 4. The van der Waals surface area contributed by atoms with Crippen molar-refractivity contribution in [3.8, 4) is 33.4 Å². The Bertz CT molecular complexity index is 4550. The average Bonchev–Trinajstić information content (AvgIpc) is 1.55. The predicted molar refractivity (Wildman–Crippen MR) is 354 cm³/mol. The van der Waals surface area contributed by atoms with Gasteiger partial charge in [0.15, 0.2) is 5.78 Å². The van der Waals surface area contributed by atoms with Crippen LogP contribution in [-0.2, 0) is 19.1 Å². The summed E-state index contributed by atoms with van der Waals surface area (Å²) in [6, 6.07) is 12.2. The van der Waals surface area contributed by atoms with Gasteiger partial charge in [-0.2, -0.15) is 0 Å². The van der Waals surface area contributed by atoms with Crippen molar-refractivity contribution in [1.29, 1.82) is 0 Å². The molecule has 10 unspecified atom stereocenters. The summed E-state index contributed by atoms with van der Waals surface area (Å²) in [5, 5.41) is 35.5. The lowest BCUT2D eigenvalue weighted by molar-refractivity contribution is -0.130. The molecule has 490 valence electrons. The number of H-pyrrole nitrogens is 2. The number of aryl methyl sites for hydroxylation is 6. The highest BCUT2D eigenvalue weighted by molar-refractivity contribution is 6.06. The minimum Gasteiger partial charge on any atom is -0.443 e. The molecular weight excluding hydrogens is 1190 g/mol. The van der Waals surface area contributed by atoms with E-state index in [0.29, 0.717) is 63.3 Å². The van der Waals surface area contributed by atoms with E-state index in [2.05, 4.69) is 49.7 Å². The second-order valence-electron chi connectivity index (χ2n) is 29.8. The van der Waals surface area contributed by atoms with Crippen LogP contribution in [0.25, 0.3) is 72.6 Å². The number of rotatable bonds is 11. The van der Waals surface area contributed by atoms with E-state index in [9.17, 15) is 29.4 Å². The minimum atomic E-state index is -0.996. The molecule has 4 N–H and O–H groups in total. The van der Waals surface area contributed by atoms with Gasteiger partial charge in [0.05, 0.1) is 74.2 Å². The predicted octanol–water partition coefficient (Wildman–Crippen LogP) is 15.7. The van der Waals surface area contributed by atoms with Crippen molar-refractivity contribution in [1.82, 2.24) is 45.0 Å². The molecule has 19 heteroatoms. The number of carbonyl (C=O) groups excluding carboxylic acids is 4. The van der Waals surface area contributed by atoms with Gasteiger partial charge in [0.2, 0.25) is 0 Å². The number of Topliss-reactive ketones (excluding diaryl/α,β-unsaturated/α-hetero) is 3. The molecular formula is C75H85N9O10. The highest BCUT2D eigenvalue weighted by Crippen LogP contribution is 2.55. The third kappa shape index (κ3) is 10.7. The maximum atomic E-state index is 13.5. The van der Waals surface area contributed by atoms with Crippen molar-refractivity contribution in [2.75, 3.05) is 0 Å². The zero-order valence-corrected chi connectivity index (χ0v) is 54.4. The number of aromatic amines is 2. The Hall–Kier alpha value is -8.16. The van der Waals surface area contributed by atoms with Crippen LogP contribution in [-0.4, -0.2) is 84.2 Å². The summed E-state index contributed by atoms with van der Waals surface area (Å²) < 4.78 is 23.6. The van der Waals surface area contributed by atoms with E-state index in [0.717, 1.165) is 190 Å². The van der Waals surface area contributed by atoms with Gasteiger partial charge in [-0.15, -0.1) is 0 Å². The topological polar surface area (TPSA) is 271 Å². The lowest BCUT2D eigenvalue weighted by atomic mass is 9.80. The molecule has 3 aromatic carbocycles. The average molecular weight is 1270 g/mol. The van der Waals surface area contributed by atoms with Crippen LogP contribution in [0.1, 0.15) is 223 Å². The van der Waals surface area contributed by atoms with Gasteiger partial charge in [0, 0.05) is 68.9 Å². The van der Waals surface area contributed by atoms with Gasteiger partial charge in [-0.3, -0.25) is 14.4 Å². The normalized spacial score (nSPS) is 25.4. The Morgan fingerprint density at radius 1 is 0.553 bits per heavy atom. The van der Waals surface area contributed by atoms with E-state index >= 15 is 0 Å². The fourth-order valence-corrected chi connectivity index (χ4v) is 17.2. The number of allylic oxidation sites excluding steroid dienone is 1. The molecule has 9 aliphatic rings. The Morgan fingerprint density at radius 2 is 1.00 bits per heavy atom. The second-order valence-corrected chi connectivity index (χ2v) is 29.8. The molecule has 94 heavy (non-hydrogen) atoms. The molecule has 6 aromatic heterocycles. The number of hydrogen-bond donors (Lipinski definition) is 4. The molecule has 0 saturated heterocycles. The molecule has 0 amide bonds. The lowest BCUT2D eigenvalue weighted by Gasteiger charge is -2.26. The summed E-state index contributed by atoms with van der Waals surface area (Å²) in [5.74, 6) is 7.49. The number of ketones is 3. The third-order valence-corrected chi connectivity index (χ3v) is 22.1. The van der Waals surface area contributed by atoms with Gasteiger partial charge in [-0.1, -0.05) is 22.9 Å². The van der Waals surface area contributed by atoms with Crippen LogP contribution < -0.4 is 0 Å². The zero-order valence-electron chi connectivity index (χ0n) is 54.4. The van der Waals surface area contributed by atoms with Crippen molar-refractivity contribution in [2.45, 2.75) is 202 Å². The summed E-state index contributed by atoms with van der Waals surface area (Å²) in [4.78, 5) is 73.9. The maximum Gasteiger partial charge on any atom is 0.420 e. The first-order valence-electron chi connectivity index (χ1n) is 34.0. The smallest absolute Gasteiger partial charge is 0.420 e. The number of benzene rings is 3. The summed E-state index contributed by atoms with van der Waals surface area (Å²) in [6.45, 7) is 17.0. The standard InChI is InChI=1S/C28H33N3O5.C23H25N3O3.C23H23N3O2.CH4/c1-13-21(14(2)36-30-13)18-11-19(25(33)22-16-8-9-17(10-16)24(22)32)23-20(12-18)31(26(29-23)15-6-7-15)27(34)35-28(3,4)5;1-10-18(11(2)29-26-10)15-8-16(20-17(9-15)24-23(25-20)12-3-4-12)22(28)19-13-5-6-14(7-13)21(19)27;1-11-20(12(2)28-26-11)16-8-17(9-18-14-5-6-15(7-14)22(18)27)21-19(10-16)24-23(25-21)13-3-4-13;/h11-12,15-17,22,25,33H,6-10H2,1-5H3;8-9,12-14,19,22,28H,3-7H2,1-2H3,(H,24,25);8-10,13-15H,3-7H2,1-2H3,(H,24,25);1H4/b;;18-9-;. The number of nitrogens with zero attached hydrogens (tertiary/aromatic N) is 7. The van der Waals surface area contributed by atoms with E-state index in [1.54, 1.807) is 4.57 Å². The van der Waals surface area contributed by atoms with Gasteiger partial charge in [-0.25, -0.2) is 24.3 Å². The van der Waals surface area contributed by atoms with Crippen LogP contribution >= 0.6 is 0 Å². The van der Waals surface area contributed by atoms with Crippen molar-refractivity contribution in [3.63, 3.8) is 0 Å². The first kappa shape index (κ1) is 62.0. The number of aliphatic hydroxyl groups is 2. The number of nitrogens with one attached hydrogen (secondary N) is 2. The Balaban J connectivity index is 0.000000117. The molecule has 6 bridgehead atoms. The molecule has 0 radical (unpaired) electrons. The monoisotopic (exact) mass is 1270 g/mol. The molecule has 9 aliphatic carbocycles. The highest BCUT2D eigenvalue weighted by atomic mass is 16.6. The number of fused-ring (bicyclic) bond motifs is 9. The Labute approximate surface area is 545 Å². The summed E-state index contributed by atoms with van der Waals surface area (Å²) in [5.41, 5.74) is 15.5. The van der Waals surface area contributed by atoms with E-state index in [1.807, 2.05) is 80.5 Å². The number of hydrogen-bond acceptors (Lipinski definition) is 16. The van der Waals surface area contributed by atoms with Gasteiger partial charge in [0.25, 0.3) is 0 Å². The van der Waals surface area contributed by atoms with Crippen molar-refractivity contribution in [3.05, 3.63) is 110 Å². The second kappa shape index (κ2) is 23.1. The van der Waals surface area contributed by atoms with Crippen LogP contribution in [0.5, 0.6) is 0 Å². The summed E-state index contributed by atoms with van der Waals surface area (Å²) in [6.07, 6.45) is 15.3. The highest BCUT2D eigenvalue weighted by Gasteiger charge is 2.52. The van der Waals surface area contributed by atoms with Crippen LogP contribution in [0.4, 0.5) is 4.79 Å². The van der Waals surface area contributed by atoms with Crippen LogP contribution in [0, 0.1) is 88.9 Å². The zero-order chi connectivity index (χ0) is 64.4. The third-order valence-electron chi connectivity index (χ3n) is 22.1. The number of imidazole rings is 3. The van der Waals surface area contributed by atoms with Gasteiger partial charge in [-0.05, 0) is 241 Å². The first-order valence-corrected chi connectivity index (χ1v) is 34.0. The quantitative estimate of drug-likeness (QED) is 0.0876. The van der Waals surface area contributed by atoms with E-state index in [4.69, 9.17) is 33.3 Å². The fraction of sp³-hybridized carbons (Fsp3) is 0.520. The molecule has 9 fully saturated rings. The molecule has 10 atom stereocenters. The summed E-state index contributed by atoms with van der Waals surface area (Å²) >= 11 is 0. The SMILES string of the molecule is C.Cc1noc(C)c1-c1cc(/C=C2\C(=O)C3CCC2C3)c2nc(C3CC3)[nH]c2c1.Cc1noc(C)c1-c1cc(C(O)C2C(=O)C3CCC2C3)c2nc(C3CC3)[nH]c2c1.Cc1noc(C)c1-c1cc(C(O)C2C(=O)C3CCC2C3)c2nc(C3CC3)n(C(=O)OC(C)(C)C)c2c1. The maximum absolute atomic E-state index is 13.5. The molecule has 18 rings (SSSR count). The van der Waals surface area contributed by atoms with Crippen LogP contribution in [0.15, 0.2) is 55.5 Å². The van der Waals surface area contributed by atoms with Crippen LogP contribution in [0.3, 0.4) is 0 Å². The van der Waals surface area contributed by atoms with E-state index in [-0.39, 0.29) is 54.5 Å². The molecule has 0 aliphatic heterocycles. The Kier molecular flexibility index (Phi) is 15.2. The molecule has 9 aromatic rings. The fourth-order valence-electron chi connectivity index (χ4n) is 17.2. The first-order chi connectivity index (χ1) is 44.6. The van der Waals surface area contributed by atoms with Crippen molar-refractivity contribution >= 4 is 62.6 Å². The summed E-state index contributed by atoms with van der Waals surface area (Å²) in [7, 11) is 0. The molecule has 6 heterocycles. The molecule has 19 nitrogen and oxygen atoms in total. The van der Waals surface area contributed by atoms with Gasteiger partial charge < -0.3 is 38.5 Å². The van der Waals surface area contributed by atoms with Gasteiger partial charge in [0.1, 0.15) is 51.9 Å². The van der Waals surface area contributed by atoms with E-state index < -0.39 is 29.8 Å².